The summed E-state index contributed by atoms with van der Waals surface area (Å²) in [7, 11) is 0. The highest BCUT2D eigenvalue weighted by Crippen LogP contribution is 2.17. The minimum absolute atomic E-state index is 0.0828. The second-order valence-corrected chi connectivity index (χ2v) is 7.13. The molecule has 2 rings (SSSR count). The van der Waals surface area contributed by atoms with Crippen LogP contribution in [0.2, 0.25) is 0 Å². The van der Waals surface area contributed by atoms with Crippen molar-refractivity contribution in [3.05, 3.63) is 24.0 Å². The van der Waals surface area contributed by atoms with Crippen LogP contribution in [0.5, 0.6) is 0 Å². The van der Waals surface area contributed by atoms with E-state index in [0.717, 1.165) is 25.1 Å². The minimum atomic E-state index is 0.0828. The van der Waals surface area contributed by atoms with Crippen LogP contribution in [0.15, 0.2) is 18.3 Å². The summed E-state index contributed by atoms with van der Waals surface area (Å²) in [6.07, 6.45) is 8.06. The molecule has 4 nitrogen and oxygen atoms in total. The molecule has 0 aliphatic heterocycles. The number of hydrogen-bond acceptors (Lipinski definition) is 2. The molecule has 118 valence electrons. The van der Waals surface area contributed by atoms with E-state index in [0.29, 0.717) is 12.6 Å². The molecule has 1 heterocycles. The molecule has 1 aromatic heterocycles. The van der Waals surface area contributed by atoms with Gasteiger partial charge in [0.2, 0.25) is 5.91 Å². The van der Waals surface area contributed by atoms with Crippen molar-refractivity contribution in [3.8, 4) is 0 Å². The Morgan fingerprint density at radius 1 is 1.29 bits per heavy atom. The first-order valence-electron chi connectivity index (χ1n) is 8.12. The van der Waals surface area contributed by atoms with Crippen molar-refractivity contribution in [3.63, 3.8) is 0 Å². The van der Waals surface area contributed by atoms with E-state index < -0.39 is 0 Å². The molecule has 1 saturated carbocycles. The number of amides is 1. The van der Waals surface area contributed by atoms with Gasteiger partial charge in [0, 0.05) is 30.0 Å². The predicted molar refractivity (Wildman–Crippen MR) is 86.0 cm³/mol. The van der Waals surface area contributed by atoms with Gasteiger partial charge in [0.15, 0.2) is 0 Å². The van der Waals surface area contributed by atoms with Crippen LogP contribution in [0.4, 0.5) is 0 Å². The Kier molecular flexibility index (Phi) is 5.45. The lowest BCUT2D eigenvalue weighted by atomic mass is 9.95. The highest BCUT2D eigenvalue weighted by atomic mass is 16.2. The maximum atomic E-state index is 12.2. The smallest absolute Gasteiger partial charge is 0.240 e. The van der Waals surface area contributed by atoms with Gasteiger partial charge in [-0.25, -0.2) is 0 Å². The molecule has 0 bridgehead atoms. The van der Waals surface area contributed by atoms with Crippen LogP contribution < -0.4 is 10.6 Å². The largest absolute Gasteiger partial charge is 0.352 e. The lowest BCUT2D eigenvalue weighted by Crippen LogP contribution is -2.39. The van der Waals surface area contributed by atoms with E-state index in [4.69, 9.17) is 0 Å². The summed E-state index contributed by atoms with van der Waals surface area (Å²) in [6, 6.07) is 4.47. The molecular formula is C17H29N3O. The van der Waals surface area contributed by atoms with Crippen LogP contribution in [0.3, 0.4) is 0 Å². The molecule has 0 radical (unpaired) electrons. The first-order chi connectivity index (χ1) is 9.94. The average Bonchev–Trinajstić information content (AvgIpc) is 2.84. The molecule has 21 heavy (non-hydrogen) atoms. The maximum absolute atomic E-state index is 12.2. The standard InChI is InChI=1S/C17H29N3O/c1-17(2,3)18-12-15-10-7-11-20(15)13-16(21)19-14-8-5-4-6-9-14/h7,10-11,14,18H,4-6,8-9,12-13H2,1-3H3,(H,19,21). The SMILES string of the molecule is CC(C)(C)NCc1cccn1CC(=O)NC1CCCCC1. The average molecular weight is 291 g/mol. The van der Waals surface area contributed by atoms with Gasteiger partial charge in [-0.05, 0) is 45.7 Å². The van der Waals surface area contributed by atoms with Gasteiger partial charge < -0.3 is 15.2 Å². The van der Waals surface area contributed by atoms with Crippen molar-refractivity contribution in [2.75, 3.05) is 0 Å². The van der Waals surface area contributed by atoms with E-state index in [2.05, 4.69) is 37.5 Å². The zero-order chi connectivity index (χ0) is 15.3. The van der Waals surface area contributed by atoms with Crippen molar-refractivity contribution in [2.45, 2.75) is 77.5 Å². The van der Waals surface area contributed by atoms with Gasteiger partial charge in [0.05, 0.1) is 0 Å². The third-order valence-corrected chi connectivity index (χ3v) is 4.01. The molecule has 1 aliphatic carbocycles. The fraction of sp³-hybridized carbons (Fsp3) is 0.706. The minimum Gasteiger partial charge on any atom is -0.352 e. The molecule has 0 aromatic carbocycles. The lowest BCUT2D eigenvalue weighted by Gasteiger charge is -2.23. The van der Waals surface area contributed by atoms with Crippen LogP contribution in [-0.4, -0.2) is 22.1 Å². The second kappa shape index (κ2) is 7.12. The summed E-state index contributed by atoms with van der Waals surface area (Å²) in [5.74, 6) is 0.134. The Hall–Kier alpha value is -1.29. The van der Waals surface area contributed by atoms with Crippen molar-refractivity contribution >= 4 is 5.91 Å². The molecule has 0 atom stereocenters. The highest BCUT2D eigenvalue weighted by molar-refractivity contribution is 5.76. The number of aromatic nitrogens is 1. The monoisotopic (exact) mass is 291 g/mol. The summed E-state index contributed by atoms with van der Waals surface area (Å²) in [5.41, 5.74) is 1.24. The zero-order valence-corrected chi connectivity index (χ0v) is 13.6. The third-order valence-electron chi connectivity index (χ3n) is 4.01. The summed E-state index contributed by atoms with van der Waals surface area (Å²) in [5, 5.41) is 6.64. The molecule has 1 fully saturated rings. The van der Waals surface area contributed by atoms with E-state index >= 15 is 0 Å². The van der Waals surface area contributed by atoms with Crippen LogP contribution >= 0.6 is 0 Å². The first-order valence-corrected chi connectivity index (χ1v) is 8.12. The number of carbonyl (C=O) groups is 1. The number of nitrogens with one attached hydrogen (secondary N) is 2. The first kappa shape index (κ1) is 16.1. The lowest BCUT2D eigenvalue weighted by molar-refractivity contribution is -0.122. The maximum Gasteiger partial charge on any atom is 0.240 e. The van der Waals surface area contributed by atoms with Gasteiger partial charge in [0.1, 0.15) is 6.54 Å². The fourth-order valence-corrected chi connectivity index (χ4v) is 2.79. The number of hydrogen-bond donors (Lipinski definition) is 2. The Morgan fingerprint density at radius 3 is 2.67 bits per heavy atom. The van der Waals surface area contributed by atoms with Gasteiger partial charge >= 0.3 is 0 Å². The van der Waals surface area contributed by atoms with Crippen molar-refractivity contribution in [1.29, 1.82) is 0 Å². The van der Waals surface area contributed by atoms with Crippen LogP contribution in [0, 0.1) is 0 Å². The summed E-state index contributed by atoms with van der Waals surface area (Å²) >= 11 is 0. The van der Waals surface area contributed by atoms with E-state index in [1.165, 1.54) is 19.3 Å². The normalized spacial score (nSPS) is 16.9. The number of nitrogens with zero attached hydrogens (tertiary/aromatic N) is 1. The quantitative estimate of drug-likeness (QED) is 0.876. The van der Waals surface area contributed by atoms with Gasteiger partial charge in [-0.1, -0.05) is 19.3 Å². The van der Waals surface area contributed by atoms with E-state index in [1.807, 2.05) is 16.8 Å². The third kappa shape index (κ3) is 5.54. The van der Waals surface area contributed by atoms with E-state index in [-0.39, 0.29) is 11.4 Å². The summed E-state index contributed by atoms with van der Waals surface area (Å²) in [4.78, 5) is 12.2. The molecule has 1 aromatic rings. The molecule has 2 N–H and O–H groups in total. The number of rotatable bonds is 5. The van der Waals surface area contributed by atoms with Crippen LogP contribution in [0.25, 0.3) is 0 Å². The topological polar surface area (TPSA) is 46.1 Å². The molecule has 1 aliphatic rings. The van der Waals surface area contributed by atoms with Crippen molar-refractivity contribution in [1.82, 2.24) is 15.2 Å². The van der Waals surface area contributed by atoms with Crippen molar-refractivity contribution < 1.29 is 4.79 Å². The van der Waals surface area contributed by atoms with Gasteiger partial charge in [0.25, 0.3) is 0 Å². The van der Waals surface area contributed by atoms with Crippen molar-refractivity contribution in [2.24, 2.45) is 0 Å². The second-order valence-electron chi connectivity index (χ2n) is 7.13. The fourth-order valence-electron chi connectivity index (χ4n) is 2.79. The van der Waals surface area contributed by atoms with Crippen LogP contribution in [-0.2, 0) is 17.9 Å². The Bertz CT molecular complexity index is 453. The molecule has 0 saturated heterocycles. The zero-order valence-electron chi connectivity index (χ0n) is 13.6. The summed E-state index contributed by atoms with van der Waals surface area (Å²) < 4.78 is 2.04. The molecule has 1 amide bonds. The van der Waals surface area contributed by atoms with E-state index in [1.54, 1.807) is 0 Å². The Labute approximate surface area is 128 Å². The molecule has 0 unspecified atom stereocenters. The molecule has 4 heteroatoms. The predicted octanol–water partition coefficient (Wildman–Crippen LogP) is 2.83. The summed E-state index contributed by atoms with van der Waals surface area (Å²) in [6.45, 7) is 7.65. The van der Waals surface area contributed by atoms with Gasteiger partial charge in [-0.15, -0.1) is 0 Å². The van der Waals surface area contributed by atoms with Gasteiger partial charge in [-0.3, -0.25) is 4.79 Å². The van der Waals surface area contributed by atoms with E-state index in [9.17, 15) is 4.79 Å². The highest BCUT2D eigenvalue weighted by Gasteiger charge is 2.16. The molecule has 0 spiro atoms. The van der Waals surface area contributed by atoms with Gasteiger partial charge in [-0.2, -0.15) is 0 Å². The Morgan fingerprint density at radius 2 is 2.00 bits per heavy atom. The Balaban J connectivity index is 1.84. The van der Waals surface area contributed by atoms with Crippen LogP contribution in [0.1, 0.15) is 58.6 Å². The molecular weight excluding hydrogens is 262 g/mol. The number of carbonyl (C=O) groups excluding carboxylic acids is 1.